The fraction of sp³-hybridized carbons (Fsp3) is 0.923. The standard InChI is InChI=1S/C13H23NO3S2/c1-2-14(12-5-7-19(16,17)10-12)13(15)8-11-4-3-6-18-9-11/h11-12H,2-10H2,1H3. The first-order valence-corrected chi connectivity index (χ1v) is 10.1. The maximum Gasteiger partial charge on any atom is 0.223 e. The van der Waals surface area contributed by atoms with Crippen LogP contribution < -0.4 is 0 Å². The van der Waals surface area contributed by atoms with Gasteiger partial charge in [-0.2, -0.15) is 11.8 Å². The van der Waals surface area contributed by atoms with Gasteiger partial charge in [0.15, 0.2) is 9.84 Å². The molecule has 0 spiro atoms. The second-order valence-electron chi connectivity index (χ2n) is 5.52. The summed E-state index contributed by atoms with van der Waals surface area (Å²) in [5, 5.41) is 0. The van der Waals surface area contributed by atoms with Gasteiger partial charge in [-0.15, -0.1) is 0 Å². The first-order chi connectivity index (χ1) is 9.02. The van der Waals surface area contributed by atoms with Crippen molar-refractivity contribution in [1.29, 1.82) is 0 Å². The van der Waals surface area contributed by atoms with E-state index in [0.717, 1.165) is 12.2 Å². The molecule has 1 amide bonds. The SMILES string of the molecule is CCN(C(=O)CC1CCCSC1)C1CCS(=O)(=O)C1. The number of hydrogen-bond acceptors (Lipinski definition) is 4. The molecule has 2 aliphatic heterocycles. The summed E-state index contributed by atoms with van der Waals surface area (Å²) in [5.41, 5.74) is 0. The van der Waals surface area contributed by atoms with Gasteiger partial charge in [0.05, 0.1) is 11.5 Å². The normalized spacial score (nSPS) is 30.2. The predicted octanol–water partition coefficient (Wildman–Crippen LogP) is 1.56. The molecular weight excluding hydrogens is 282 g/mol. The Kier molecular flexibility index (Phi) is 5.17. The zero-order valence-corrected chi connectivity index (χ0v) is 13.1. The molecule has 0 aromatic rings. The maximum absolute atomic E-state index is 12.4. The van der Waals surface area contributed by atoms with Crippen LogP contribution in [-0.2, 0) is 14.6 Å². The lowest BCUT2D eigenvalue weighted by molar-refractivity contribution is -0.133. The molecule has 0 aliphatic carbocycles. The number of nitrogens with zero attached hydrogens (tertiary/aromatic N) is 1. The molecule has 2 saturated heterocycles. The highest BCUT2D eigenvalue weighted by Crippen LogP contribution is 2.27. The van der Waals surface area contributed by atoms with E-state index in [1.54, 1.807) is 4.90 Å². The lowest BCUT2D eigenvalue weighted by Gasteiger charge is -2.29. The van der Waals surface area contributed by atoms with E-state index in [4.69, 9.17) is 0 Å². The largest absolute Gasteiger partial charge is 0.339 e. The van der Waals surface area contributed by atoms with Gasteiger partial charge in [0.2, 0.25) is 5.91 Å². The van der Waals surface area contributed by atoms with Crippen LogP contribution in [0.5, 0.6) is 0 Å². The van der Waals surface area contributed by atoms with Crippen LogP contribution in [-0.4, -0.2) is 54.8 Å². The Hall–Kier alpha value is -0.230. The van der Waals surface area contributed by atoms with Crippen molar-refractivity contribution in [3.8, 4) is 0 Å². The van der Waals surface area contributed by atoms with Gasteiger partial charge in [0.1, 0.15) is 0 Å². The summed E-state index contributed by atoms with van der Waals surface area (Å²) in [4.78, 5) is 14.2. The summed E-state index contributed by atoms with van der Waals surface area (Å²) in [6, 6.07) is -0.0845. The Bertz CT molecular complexity index is 416. The molecule has 0 bridgehead atoms. The molecule has 19 heavy (non-hydrogen) atoms. The van der Waals surface area contributed by atoms with Gasteiger partial charge in [-0.25, -0.2) is 8.42 Å². The molecule has 0 radical (unpaired) electrons. The molecule has 0 aromatic heterocycles. The van der Waals surface area contributed by atoms with Crippen molar-refractivity contribution in [1.82, 2.24) is 4.90 Å². The van der Waals surface area contributed by atoms with E-state index >= 15 is 0 Å². The lowest BCUT2D eigenvalue weighted by atomic mass is 10.00. The van der Waals surface area contributed by atoms with E-state index in [2.05, 4.69) is 0 Å². The molecule has 2 aliphatic rings. The second-order valence-corrected chi connectivity index (χ2v) is 8.90. The number of sulfone groups is 1. The van der Waals surface area contributed by atoms with E-state index in [1.165, 1.54) is 12.2 Å². The summed E-state index contributed by atoms with van der Waals surface area (Å²) in [5.74, 6) is 3.32. The fourth-order valence-electron chi connectivity index (χ4n) is 2.99. The van der Waals surface area contributed by atoms with Crippen LogP contribution in [0.25, 0.3) is 0 Å². The molecule has 0 N–H and O–H groups in total. The summed E-state index contributed by atoms with van der Waals surface area (Å²) in [6.45, 7) is 2.57. The fourth-order valence-corrected chi connectivity index (χ4v) is 5.88. The van der Waals surface area contributed by atoms with Crippen molar-refractivity contribution >= 4 is 27.5 Å². The third-order valence-electron chi connectivity index (χ3n) is 4.03. The maximum atomic E-state index is 12.4. The first-order valence-electron chi connectivity index (χ1n) is 7.09. The topological polar surface area (TPSA) is 54.5 Å². The summed E-state index contributed by atoms with van der Waals surface area (Å²) in [7, 11) is -2.92. The molecule has 2 rings (SSSR count). The van der Waals surface area contributed by atoms with Gasteiger partial charge in [0.25, 0.3) is 0 Å². The van der Waals surface area contributed by atoms with Crippen LogP contribution in [0.15, 0.2) is 0 Å². The number of thioether (sulfide) groups is 1. The average molecular weight is 305 g/mol. The van der Waals surface area contributed by atoms with Crippen molar-refractivity contribution in [2.75, 3.05) is 29.6 Å². The number of rotatable bonds is 4. The highest BCUT2D eigenvalue weighted by molar-refractivity contribution is 7.99. The second kappa shape index (κ2) is 6.48. The molecular formula is C13H23NO3S2. The Morgan fingerprint density at radius 2 is 2.16 bits per heavy atom. The van der Waals surface area contributed by atoms with Crippen molar-refractivity contribution in [3.05, 3.63) is 0 Å². The molecule has 0 aromatic carbocycles. The Morgan fingerprint density at radius 1 is 1.37 bits per heavy atom. The molecule has 2 atom stereocenters. The van der Waals surface area contributed by atoms with E-state index < -0.39 is 9.84 Å². The Balaban J connectivity index is 1.91. The Morgan fingerprint density at radius 3 is 2.68 bits per heavy atom. The number of amides is 1. The van der Waals surface area contributed by atoms with Crippen LogP contribution in [0, 0.1) is 5.92 Å². The van der Waals surface area contributed by atoms with Crippen LogP contribution in [0.2, 0.25) is 0 Å². The third-order valence-corrected chi connectivity index (χ3v) is 7.06. The quantitative estimate of drug-likeness (QED) is 0.791. The molecule has 0 saturated carbocycles. The average Bonchev–Trinajstić information content (AvgIpc) is 2.72. The van der Waals surface area contributed by atoms with Gasteiger partial charge in [-0.1, -0.05) is 0 Å². The van der Waals surface area contributed by atoms with Gasteiger partial charge >= 0.3 is 0 Å². The molecule has 110 valence electrons. The number of carbonyl (C=O) groups excluding carboxylic acids is 1. The zero-order valence-electron chi connectivity index (χ0n) is 11.5. The van der Waals surface area contributed by atoms with E-state index in [-0.39, 0.29) is 23.5 Å². The van der Waals surface area contributed by atoms with Crippen LogP contribution >= 0.6 is 11.8 Å². The van der Waals surface area contributed by atoms with Crippen LogP contribution in [0.1, 0.15) is 32.6 Å². The van der Waals surface area contributed by atoms with Crippen molar-refractivity contribution in [2.45, 2.75) is 38.6 Å². The molecule has 2 fully saturated rings. The van der Waals surface area contributed by atoms with Crippen molar-refractivity contribution in [2.24, 2.45) is 5.92 Å². The zero-order chi connectivity index (χ0) is 13.9. The minimum absolute atomic E-state index is 0.0845. The van der Waals surface area contributed by atoms with Crippen LogP contribution in [0.4, 0.5) is 0 Å². The minimum Gasteiger partial charge on any atom is -0.339 e. The number of carbonyl (C=O) groups is 1. The summed E-state index contributed by atoms with van der Waals surface area (Å²) < 4.78 is 23.1. The molecule has 6 heteroatoms. The molecule has 4 nitrogen and oxygen atoms in total. The molecule has 2 unspecified atom stereocenters. The predicted molar refractivity (Wildman–Crippen MR) is 79.1 cm³/mol. The highest BCUT2D eigenvalue weighted by atomic mass is 32.2. The van der Waals surface area contributed by atoms with Crippen molar-refractivity contribution in [3.63, 3.8) is 0 Å². The monoisotopic (exact) mass is 305 g/mol. The van der Waals surface area contributed by atoms with E-state index in [0.29, 0.717) is 25.3 Å². The van der Waals surface area contributed by atoms with E-state index in [1.807, 2.05) is 18.7 Å². The van der Waals surface area contributed by atoms with Crippen LogP contribution in [0.3, 0.4) is 0 Å². The Labute approximate surface area is 120 Å². The van der Waals surface area contributed by atoms with Gasteiger partial charge in [-0.05, 0) is 43.6 Å². The highest BCUT2D eigenvalue weighted by Gasteiger charge is 2.34. The van der Waals surface area contributed by atoms with E-state index in [9.17, 15) is 13.2 Å². The smallest absolute Gasteiger partial charge is 0.223 e. The first kappa shape index (κ1) is 15.2. The summed E-state index contributed by atoms with van der Waals surface area (Å²) in [6.07, 6.45) is 3.55. The summed E-state index contributed by atoms with van der Waals surface area (Å²) >= 11 is 1.93. The lowest BCUT2D eigenvalue weighted by Crippen LogP contribution is -2.42. The third kappa shape index (κ3) is 4.12. The molecule has 2 heterocycles. The van der Waals surface area contributed by atoms with Crippen molar-refractivity contribution < 1.29 is 13.2 Å². The van der Waals surface area contributed by atoms with Gasteiger partial charge in [0, 0.05) is 19.0 Å². The van der Waals surface area contributed by atoms with Gasteiger partial charge in [-0.3, -0.25) is 4.79 Å². The van der Waals surface area contributed by atoms with Gasteiger partial charge < -0.3 is 4.90 Å². The minimum atomic E-state index is -2.92. The number of hydrogen-bond donors (Lipinski definition) is 0.